The first-order chi connectivity index (χ1) is 14.6. The van der Waals surface area contributed by atoms with Crippen LogP contribution in [0.2, 0.25) is 5.02 Å². The fourth-order valence-corrected chi connectivity index (χ4v) is 4.34. The number of nitrogens with zero attached hydrogens (tertiary/aromatic N) is 3. The van der Waals surface area contributed by atoms with Crippen molar-refractivity contribution in [2.24, 2.45) is 0 Å². The molecule has 1 aliphatic carbocycles. The molecule has 30 heavy (non-hydrogen) atoms. The Kier molecular flexibility index (Phi) is 6.61. The minimum Gasteiger partial charge on any atom is -0.351 e. The zero-order valence-corrected chi connectivity index (χ0v) is 17.7. The quantitative estimate of drug-likeness (QED) is 0.582. The topological polar surface area (TPSA) is 109 Å². The highest BCUT2D eigenvalue weighted by atomic mass is 35.5. The molecular weight excluding hydrogens is 424 g/mol. The van der Waals surface area contributed by atoms with E-state index < -0.39 is 5.91 Å². The van der Waals surface area contributed by atoms with Gasteiger partial charge in [0.1, 0.15) is 0 Å². The average Bonchev–Trinajstić information content (AvgIpc) is 3.05. The van der Waals surface area contributed by atoms with E-state index in [9.17, 15) is 9.59 Å². The van der Waals surface area contributed by atoms with Crippen molar-refractivity contribution < 1.29 is 9.59 Å². The van der Waals surface area contributed by atoms with E-state index in [0.29, 0.717) is 35.2 Å². The molecule has 2 aliphatic rings. The molecule has 8 nitrogen and oxygen atoms in total. The van der Waals surface area contributed by atoms with Gasteiger partial charge in [0.05, 0.1) is 10.6 Å². The van der Waals surface area contributed by atoms with Crippen LogP contribution in [-0.4, -0.2) is 38.2 Å². The second-order valence-corrected chi connectivity index (χ2v) is 8.62. The van der Waals surface area contributed by atoms with Gasteiger partial charge in [-0.1, -0.05) is 11.6 Å². The summed E-state index contributed by atoms with van der Waals surface area (Å²) >= 11 is 7.06. The molecule has 0 spiro atoms. The van der Waals surface area contributed by atoms with Crippen LogP contribution in [-0.2, 0) is 11.3 Å². The number of thioether (sulfide) groups is 1. The fourth-order valence-electron chi connectivity index (χ4n) is 3.50. The lowest BCUT2D eigenvalue weighted by Crippen LogP contribution is -2.37. The zero-order chi connectivity index (χ0) is 20.9. The number of nitrogens with one attached hydrogen (secondary N) is 3. The molecule has 3 heterocycles. The van der Waals surface area contributed by atoms with Crippen LogP contribution in [0.3, 0.4) is 0 Å². The predicted octanol–water partition coefficient (Wildman–Crippen LogP) is 3.36. The second kappa shape index (κ2) is 9.55. The third-order valence-electron chi connectivity index (χ3n) is 5.08. The van der Waals surface area contributed by atoms with Gasteiger partial charge in [0.2, 0.25) is 5.95 Å². The summed E-state index contributed by atoms with van der Waals surface area (Å²) in [6, 6.07) is 4.24. The lowest BCUT2D eigenvalue weighted by atomic mass is 9.91. The van der Waals surface area contributed by atoms with E-state index in [0.717, 1.165) is 48.0 Å². The van der Waals surface area contributed by atoms with Crippen molar-refractivity contribution in [2.75, 3.05) is 5.32 Å². The smallest absolute Gasteiger partial charge is 0.290 e. The molecule has 0 bridgehead atoms. The molecule has 2 amide bonds. The normalized spacial score (nSPS) is 22.9. The van der Waals surface area contributed by atoms with Crippen molar-refractivity contribution >= 4 is 46.5 Å². The Bertz CT molecular complexity index is 977. The molecule has 1 aliphatic heterocycles. The lowest BCUT2D eigenvalue weighted by molar-refractivity contribution is -0.115. The number of rotatable bonds is 6. The first-order valence-corrected chi connectivity index (χ1v) is 10.9. The summed E-state index contributed by atoms with van der Waals surface area (Å²) in [7, 11) is 0. The Morgan fingerprint density at radius 2 is 1.97 bits per heavy atom. The van der Waals surface area contributed by atoms with Gasteiger partial charge in [-0.25, -0.2) is 9.97 Å². The Labute approximate surface area is 183 Å². The molecular formula is C20H21ClN6O2S. The summed E-state index contributed by atoms with van der Waals surface area (Å²) in [6.07, 6.45) is 10.8. The van der Waals surface area contributed by atoms with Crippen molar-refractivity contribution in [1.29, 1.82) is 0 Å². The van der Waals surface area contributed by atoms with Gasteiger partial charge in [-0.3, -0.25) is 19.9 Å². The molecule has 156 valence electrons. The maximum atomic E-state index is 11.7. The van der Waals surface area contributed by atoms with Crippen LogP contribution in [0.5, 0.6) is 0 Å². The Morgan fingerprint density at radius 1 is 1.17 bits per heavy atom. The molecule has 1 saturated heterocycles. The largest absolute Gasteiger partial charge is 0.351 e. The van der Waals surface area contributed by atoms with Gasteiger partial charge in [0.25, 0.3) is 11.1 Å². The summed E-state index contributed by atoms with van der Waals surface area (Å²) in [5.74, 6) is 0.133. The third kappa shape index (κ3) is 5.35. The SMILES string of the molecule is O=C1NC(=O)/C(=C\c2ccnc(NC3CCC(NCc4cnccc4Cl)CC3)n2)S1. The van der Waals surface area contributed by atoms with Gasteiger partial charge >= 0.3 is 0 Å². The van der Waals surface area contributed by atoms with Crippen molar-refractivity contribution in [1.82, 2.24) is 25.6 Å². The van der Waals surface area contributed by atoms with Crippen molar-refractivity contribution in [2.45, 2.75) is 44.3 Å². The number of pyridine rings is 1. The molecule has 4 rings (SSSR count). The Balaban J connectivity index is 1.28. The maximum Gasteiger partial charge on any atom is 0.290 e. The number of anilines is 1. The van der Waals surface area contributed by atoms with Crippen LogP contribution in [0.25, 0.3) is 6.08 Å². The number of amides is 2. The minimum atomic E-state index is -0.392. The predicted molar refractivity (Wildman–Crippen MR) is 117 cm³/mol. The van der Waals surface area contributed by atoms with Gasteiger partial charge in [-0.15, -0.1) is 0 Å². The Morgan fingerprint density at radius 3 is 2.70 bits per heavy atom. The monoisotopic (exact) mass is 444 g/mol. The van der Waals surface area contributed by atoms with Gasteiger partial charge in [0, 0.05) is 47.8 Å². The first-order valence-electron chi connectivity index (χ1n) is 9.73. The minimum absolute atomic E-state index is 0.290. The van der Waals surface area contributed by atoms with Crippen LogP contribution in [0, 0.1) is 0 Å². The number of imide groups is 1. The lowest BCUT2D eigenvalue weighted by Gasteiger charge is -2.30. The van der Waals surface area contributed by atoms with Crippen LogP contribution in [0.4, 0.5) is 10.7 Å². The second-order valence-electron chi connectivity index (χ2n) is 7.20. The standard InChI is InChI=1S/C20H21ClN6O2S/c21-16-6-7-22-10-12(16)11-24-13-1-3-14(4-2-13)25-19-23-8-5-15(26-19)9-17-18(28)27-20(29)30-17/h5-10,13-14,24H,1-4,11H2,(H,23,25,26)(H,27,28,29)/b17-9+. The number of aromatic nitrogens is 3. The number of carbonyl (C=O) groups excluding carboxylic acids is 2. The highest BCUT2D eigenvalue weighted by Gasteiger charge is 2.25. The van der Waals surface area contributed by atoms with Crippen LogP contribution < -0.4 is 16.0 Å². The molecule has 2 fully saturated rings. The van der Waals surface area contributed by atoms with Crippen LogP contribution in [0.1, 0.15) is 36.9 Å². The molecule has 2 aromatic heterocycles. The highest BCUT2D eigenvalue weighted by Crippen LogP contribution is 2.26. The van der Waals surface area contributed by atoms with Crippen LogP contribution >= 0.6 is 23.4 Å². The summed E-state index contributed by atoms with van der Waals surface area (Å²) < 4.78 is 0. The molecule has 1 saturated carbocycles. The van der Waals surface area contributed by atoms with E-state index in [2.05, 4.69) is 30.9 Å². The molecule has 3 N–H and O–H groups in total. The molecule has 0 aromatic carbocycles. The van der Waals surface area contributed by atoms with Gasteiger partial charge in [-0.05, 0) is 55.7 Å². The summed E-state index contributed by atoms with van der Waals surface area (Å²) in [5, 5.41) is 9.55. The van der Waals surface area contributed by atoms with E-state index in [1.54, 1.807) is 36.8 Å². The van der Waals surface area contributed by atoms with Gasteiger partial charge in [0.15, 0.2) is 0 Å². The van der Waals surface area contributed by atoms with Crippen molar-refractivity contribution in [3.8, 4) is 0 Å². The van der Waals surface area contributed by atoms with E-state index in [4.69, 9.17) is 11.6 Å². The Hall–Kier alpha value is -2.49. The van der Waals surface area contributed by atoms with E-state index in [1.165, 1.54) is 0 Å². The molecule has 0 unspecified atom stereocenters. The number of hydrogen-bond acceptors (Lipinski definition) is 8. The molecule has 0 atom stereocenters. The van der Waals surface area contributed by atoms with Gasteiger partial charge in [-0.2, -0.15) is 0 Å². The zero-order valence-electron chi connectivity index (χ0n) is 16.1. The molecule has 10 heteroatoms. The van der Waals surface area contributed by atoms with E-state index in [-0.39, 0.29) is 5.24 Å². The van der Waals surface area contributed by atoms with Gasteiger partial charge < -0.3 is 10.6 Å². The third-order valence-corrected chi connectivity index (χ3v) is 6.26. The van der Waals surface area contributed by atoms with Crippen molar-refractivity contribution in [3.63, 3.8) is 0 Å². The summed E-state index contributed by atoms with van der Waals surface area (Å²) in [4.78, 5) is 36.2. The molecule has 2 aromatic rings. The molecule has 0 radical (unpaired) electrons. The average molecular weight is 445 g/mol. The maximum absolute atomic E-state index is 11.7. The number of hydrogen-bond donors (Lipinski definition) is 3. The fraction of sp³-hybridized carbons (Fsp3) is 0.350. The highest BCUT2D eigenvalue weighted by molar-refractivity contribution is 8.18. The number of carbonyl (C=O) groups is 2. The summed E-state index contributed by atoms with van der Waals surface area (Å²) in [6.45, 7) is 0.712. The summed E-state index contributed by atoms with van der Waals surface area (Å²) in [5.41, 5.74) is 1.60. The van der Waals surface area contributed by atoms with E-state index >= 15 is 0 Å². The first kappa shape index (κ1) is 20.8. The van der Waals surface area contributed by atoms with Crippen molar-refractivity contribution in [3.05, 3.63) is 51.9 Å². The van der Waals surface area contributed by atoms with Crippen LogP contribution in [0.15, 0.2) is 35.6 Å². The number of halogens is 1. The van der Waals surface area contributed by atoms with E-state index in [1.807, 2.05) is 0 Å².